The highest BCUT2D eigenvalue weighted by Crippen LogP contribution is 2.29. The van der Waals surface area contributed by atoms with Crippen molar-refractivity contribution in [2.75, 3.05) is 26.0 Å². The van der Waals surface area contributed by atoms with Gasteiger partial charge in [-0.2, -0.15) is 0 Å². The van der Waals surface area contributed by atoms with Gasteiger partial charge in [0.05, 0.1) is 30.4 Å². The Balaban J connectivity index is 1.42. The number of carbonyl (C=O) groups excluding carboxylic acids is 1. The topological polar surface area (TPSA) is 89.7 Å². The van der Waals surface area contributed by atoms with E-state index in [1.54, 1.807) is 29.2 Å². The number of oxazole rings is 1. The molecule has 2 aliphatic heterocycles. The molecule has 7 nitrogen and oxygen atoms in total. The van der Waals surface area contributed by atoms with Crippen molar-refractivity contribution in [3.05, 3.63) is 47.2 Å². The van der Waals surface area contributed by atoms with Gasteiger partial charge in [0.2, 0.25) is 5.91 Å². The van der Waals surface area contributed by atoms with Gasteiger partial charge in [0.1, 0.15) is 11.5 Å². The van der Waals surface area contributed by atoms with Crippen LogP contribution in [0.2, 0.25) is 0 Å². The Morgan fingerprint density at radius 3 is 2.74 bits per heavy atom. The molecule has 4 rings (SSSR count). The summed E-state index contributed by atoms with van der Waals surface area (Å²) in [6, 6.07) is 6.47. The van der Waals surface area contributed by atoms with Crippen molar-refractivity contribution in [2.24, 2.45) is 0 Å². The molecule has 27 heavy (non-hydrogen) atoms. The lowest BCUT2D eigenvalue weighted by Gasteiger charge is -2.25. The summed E-state index contributed by atoms with van der Waals surface area (Å²) < 4.78 is 34.3. The molecule has 0 saturated carbocycles. The fourth-order valence-corrected chi connectivity index (χ4v) is 4.11. The third kappa shape index (κ3) is 3.91. The molecule has 1 unspecified atom stereocenters. The standard InChI is InChI=1S/C19H22N2O5S/c1-27(23,24)15-4-2-13(3-5-15)10-18(22)21-8-6-17-16(11-21)20-19(26-17)14-7-9-25-12-14/h2-5,14H,6-12H2,1H3. The largest absolute Gasteiger partial charge is 0.445 e. The SMILES string of the molecule is CS(=O)(=O)c1ccc(CC(=O)N2CCc3oc(C4CCOC4)nc3C2)cc1. The number of rotatable bonds is 4. The summed E-state index contributed by atoms with van der Waals surface area (Å²) in [6.07, 6.45) is 2.99. The van der Waals surface area contributed by atoms with Gasteiger partial charge in [0.15, 0.2) is 15.7 Å². The Morgan fingerprint density at radius 1 is 1.30 bits per heavy atom. The third-order valence-electron chi connectivity index (χ3n) is 5.08. The van der Waals surface area contributed by atoms with Gasteiger partial charge in [-0.1, -0.05) is 12.1 Å². The minimum Gasteiger partial charge on any atom is -0.445 e. The molecule has 0 bridgehead atoms. The molecule has 1 aromatic heterocycles. The first-order valence-corrected chi connectivity index (χ1v) is 10.9. The first kappa shape index (κ1) is 18.2. The van der Waals surface area contributed by atoms with Crippen molar-refractivity contribution in [3.63, 3.8) is 0 Å². The van der Waals surface area contributed by atoms with E-state index < -0.39 is 9.84 Å². The average molecular weight is 390 g/mol. The lowest BCUT2D eigenvalue weighted by atomic mass is 10.1. The number of nitrogens with zero attached hydrogens (tertiary/aromatic N) is 2. The molecule has 0 aliphatic carbocycles. The van der Waals surface area contributed by atoms with Gasteiger partial charge in [-0.3, -0.25) is 4.79 Å². The minimum atomic E-state index is -3.23. The Hall–Kier alpha value is -2.19. The highest BCUT2D eigenvalue weighted by molar-refractivity contribution is 7.90. The van der Waals surface area contributed by atoms with Crippen LogP contribution in [0.4, 0.5) is 0 Å². The lowest BCUT2D eigenvalue weighted by Crippen LogP contribution is -2.36. The molecule has 1 amide bonds. The second kappa shape index (κ2) is 7.09. The van der Waals surface area contributed by atoms with E-state index in [0.717, 1.165) is 35.9 Å². The van der Waals surface area contributed by atoms with Crippen LogP contribution in [-0.2, 0) is 38.8 Å². The maximum atomic E-state index is 12.7. The summed E-state index contributed by atoms with van der Waals surface area (Å²) in [5.74, 6) is 1.82. The Labute approximate surface area is 158 Å². The van der Waals surface area contributed by atoms with Crippen LogP contribution >= 0.6 is 0 Å². The molecule has 0 N–H and O–H groups in total. The summed E-state index contributed by atoms with van der Waals surface area (Å²) in [4.78, 5) is 19.3. The Morgan fingerprint density at radius 2 is 2.07 bits per heavy atom. The molecule has 1 saturated heterocycles. The fraction of sp³-hybridized carbons (Fsp3) is 0.474. The van der Waals surface area contributed by atoms with Gasteiger partial charge in [0.25, 0.3) is 0 Å². The van der Waals surface area contributed by atoms with Crippen molar-refractivity contribution in [2.45, 2.75) is 36.6 Å². The Kier molecular flexibility index (Phi) is 4.77. The van der Waals surface area contributed by atoms with Gasteiger partial charge in [-0.15, -0.1) is 0 Å². The van der Waals surface area contributed by atoms with Crippen LogP contribution in [0.5, 0.6) is 0 Å². The zero-order valence-electron chi connectivity index (χ0n) is 15.2. The smallest absolute Gasteiger partial charge is 0.227 e. The van der Waals surface area contributed by atoms with E-state index in [9.17, 15) is 13.2 Å². The molecule has 1 aromatic carbocycles. The maximum Gasteiger partial charge on any atom is 0.227 e. The number of sulfone groups is 1. The molecule has 0 radical (unpaired) electrons. The molecule has 0 spiro atoms. The molecule has 8 heteroatoms. The maximum absolute atomic E-state index is 12.7. The first-order valence-electron chi connectivity index (χ1n) is 9.03. The number of hydrogen-bond acceptors (Lipinski definition) is 6. The van der Waals surface area contributed by atoms with Crippen LogP contribution < -0.4 is 0 Å². The minimum absolute atomic E-state index is 0.00139. The van der Waals surface area contributed by atoms with Crippen molar-refractivity contribution >= 4 is 15.7 Å². The second-order valence-electron chi connectivity index (χ2n) is 7.14. The number of aromatic nitrogens is 1. The van der Waals surface area contributed by atoms with Crippen molar-refractivity contribution in [1.29, 1.82) is 0 Å². The molecular formula is C19H22N2O5S. The third-order valence-corrected chi connectivity index (χ3v) is 6.21. The number of carbonyl (C=O) groups is 1. The van der Waals surface area contributed by atoms with Gasteiger partial charge >= 0.3 is 0 Å². The molecule has 144 valence electrons. The molecule has 2 aliphatic rings. The van der Waals surface area contributed by atoms with E-state index in [4.69, 9.17) is 9.15 Å². The van der Waals surface area contributed by atoms with Gasteiger partial charge < -0.3 is 14.1 Å². The van der Waals surface area contributed by atoms with E-state index >= 15 is 0 Å². The van der Waals surface area contributed by atoms with Gasteiger partial charge in [-0.25, -0.2) is 13.4 Å². The monoisotopic (exact) mass is 390 g/mol. The van der Waals surface area contributed by atoms with Crippen LogP contribution in [0, 0.1) is 0 Å². The number of benzene rings is 1. The Bertz CT molecular complexity index is 943. The van der Waals surface area contributed by atoms with Crippen LogP contribution in [0.15, 0.2) is 33.6 Å². The molecule has 1 atom stereocenters. The summed E-state index contributed by atoms with van der Waals surface area (Å²) in [7, 11) is -3.23. The number of hydrogen-bond donors (Lipinski definition) is 0. The highest BCUT2D eigenvalue weighted by Gasteiger charge is 2.29. The zero-order chi connectivity index (χ0) is 19.0. The van der Waals surface area contributed by atoms with Crippen LogP contribution in [0.1, 0.15) is 35.2 Å². The van der Waals surface area contributed by atoms with E-state index in [0.29, 0.717) is 26.1 Å². The zero-order valence-corrected chi connectivity index (χ0v) is 16.0. The molecule has 2 aromatic rings. The van der Waals surface area contributed by atoms with Crippen LogP contribution in [0.3, 0.4) is 0 Å². The van der Waals surface area contributed by atoms with Gasteiger partial charge in [-0.05, 0) is 24.1 Å². The summed E-state index contributed by atoms with van der Waals surface area (Å²) >= 11 is 0. The fourth-order valence-electron chi connectivity index (χ4n) is 3.48. The van der Waals surface area contributed by atoms with E-state index in [-0.39, 0.29) is 23.1 Å². The summed E-state index contributed by atoms with van der Waals surface area (Å²) in [5.41, 5.74) is 1.63. The second-order valence-corrected chi connectivity index (χ2v) is 9.16. The number of fused-ring (bicyclic) bond motifs is 1. The van der Waals surface area contributed by atoms with Crippen molar-refractivity contribution in [3.8, 4) is 0 Å². The van der Waals surface area contributed by atoms with Gasteiger partial charge in [0, 0.05) is 25.8 Å². The molecule has 3 heterocycles. The lowest BCUT2D eigenvalue weighted by molar-refractivity contribution is -0.131. The van der Waals surface area contributed by atoms with Crippen molar-refractivity contribution in [1.82, 2.24) is 9.88 Å². The normalized spacial score (nSPS) is 19.9. The van der Waals surface area contributed by atoms with E-state index in [1.807, 2.05) is 0 Å². The quantitative estimate of drug-likeness (QED) is 0.790. The van der Waals surface area contributed by atoms with Crippen LogP contribution in [0.25, 0.3) is 0 Å². The number of amides is 1. The highest BCUT2D eigenvalue weighted by atomic mass is 32.2. The predicted molar refractivity (Wildman–Crippen MR) is 97.1 cm³/mol. The molecule has 1 fully saturated rings. The van der Waals surface area contributed by atoms with Crippen molar-refractivity contribution < 1.29 is 22.4 Å². The predicted octanol–water partition coefficient (Wildman–Crippen LogP) is 1.71. The summed E-state index contributed by atoms with van der Waals surface area (Å²) in [6.45, 7) is 2.43. The van der Waals surface area contributed by atoms with E-state index in [2.05, 4.69) is 4.98 Å². The average Bonchev–Trinajstić information content (AvgIpc) is 3.30. The summed E-state index contributed by atoms with van der Waals surface area (Å²) in [5, 5.41) is 0. The van der Waals surface area contributed by atoms with Crippen LogP contribution in [-0.4, -0.2) is 50.2 Å². The first-order chi connectivity index (χ1) is 12.9. The molecular weight excluding hydrogens is 368 g/mol. The number of ether oxygens (including phenoxy) is 1. The van der Waals surface area contributed by atoms with E-state index in [1.165, 1.54) is 6.26 Å².